The van der Waals surface area contributed by atoms with Crippen molar-refractivity contribution in [3.8, 4) is 11.4 Å². The fourth-order valence-electron chi connectivity index (χ4n) is 1.69. The Morgan fingerprint density at radius 1 is 1.47 bits per heavy atom. The second-order valence-corrected chi connectivity index (χ2v) is 5.25. The zero-order valence-corrected chi connectivity index (χ0v) is 12.5. The highest BCUT2D eigenvalue weighted by atomic mass is 79.9. The van der Waals surface area contributed by atoms with Crippen LogP contribution >= 0.6 is 27.5 Å². The van der Waals surface area contributed by atoms with Crippen molar-refractivity contribution in [3.05, 3.63) is 49.6 Å². The standard InChI is InChI=1S/C13H11BrClFN2O/c1-2-3-10-11(14)13(19)18-12(17-10)7-4-5-8(15)9(16)6-7/h4-6H,2-3H2,1H3,(H,17,18,19). The smallest absolute Gasteiger partial charge is 0.265 e. The molecule has 19 heavy (non-hydrogen) atoms. The summed E-state index contributed by atoms with van der Waals surface area (Å²) >= 11 is 8.84. The normalized spacial score (nSPS) is 10.7. The van der Waals surface area contributed by atoms with E-state index in [0.717, 1.165) is 6.42 Å². The van der Waals surface area contributed by atoms with Crippen molar-refractivity contribution in [1.29, 1.82) is 0 Å². The molecule has 0 aliphatic rings. The van der Waals surface area contributed by atoms with Gasteiger partial charge in [0.2, 0.25) is 0 Å². The van der Waals surface area contributed by atoms with Crippen molar-refractivity contribution in [3.63, 3.8) is 0 Å². The van der Waals surface area contributed by atoms with Crippen LogP contribution in [0, 0.1) is 5.82 Å². The molecule has 1 aromatic carbocycles. The molecule has 2 rings (SSSR count). The predicted molar refractivity (Wildman–Crippen MR) is 77.0 cm³/mol. The summed E-state index contributed by atoms with van der Waals surface area (Å²) in [6, 6.07) is 4.31. The van der Waals surface area contributed by atoms with Gasteiger partial charge in [0.05, 0.1) is 10.7 Å². The highest BCUT2D eigenvalue weighted by molar-refractivity contribution is 9.10. The topological polar surface area (TPSA) is 45.8 Å². The van der Waals surface area contributed by atoms with E-state index in [0.29, 0.717) is 28.0 Å². The molecule has 0 aliphatic heterocycles. The summed E-state index contributed by atoms with van der Waals surface area (Å²) in [5, 5.41) is 0.0389. The molecule has 6 heteroatoms. The maximum Gasteiger partial charge on any atom is 0.265 e. The molecule has 100 valence electrons. The molecular weight excluding hydrogens is 335 g/mol. The number of halogens is 3. The zero-order chi connectivity index (χ0) is 14.0. The van der Waals surface area contributed by atoms with Crippen molar-refractivity contribution in [2.24, 2.45) is 0 Å². The maximum absolute atomic E-state index is 13.4. The third-order valence-electron chi connectivity index (χ3n) is 2.61. The molecule has 1 aromatic heterocycles. The van der Waals surface area contributed by atoms with Gasteiger partial charge in [-0.05, 0) is 40.5 Å². The first kappa shape index (κ1) is 14.2. The largest absolute Gasteiger partial charge is 0.306 e. The van der Waals surface area contributed by atoms with Crippen LogP contribution in [0.4, 0.5) is 4.39 Å². The van der Waals surface area contributed by atoms with Crippen LogP contribution in [-0.2, 0) is 6.42 Å². The van der Waals surface area contributed by atoms with Gasteiger partial charge >= 0.3 is 0 Å². The van der Waals surface area contributed by atoms with Crippen LogP contribution in [0.15, 0.2) is 27.5 Å². The summed E-state index contributed by atoms with van der Waals surface area (Å²) in [6.07, 6.45) is 1.54. The van der Waals surface area contributed by atoms with Crippen molar-refractivity contribution in [2.45, 2.75) is 19.8 Å². The van der Waals surface area contributed by atoms with Crippen LogP contribution in [0.5, 0.6) is 0 Å². The number of aryl methyl sites for hydroxylation is 1. The maximum atomic E-state index is 13.4. The predicted octanol–water partition coefficient (Wildman–Crippen LogP) is 3.94. The molecule has 3 nitrogen and oxygen atoms in total. The molecule has 0 bridgehead atoms. The van der Waals surface area contributed by atoms with Gasteiger partial charge in [-0.1, -0.05) is 24.9 Å². The monoisotopic (exact) mass is 344 g/mol. The molecule has 0 fully saturated rings. The van der Waals surface area contributed by atoms with E-state index in [1.807, 2.05) is 6.92 Å². The minimum absolute atomic E-state index is 0.0389. The van der Waals surface area contributed by atoms with Crippen molar-refractivity contribution in [1.82, 2.24) is 9.97 Å². The molecule has 1 N–H and O–H groups in total. The van der Waals surface area contributed by atoms with E-state index in [4.69, 9.17) is 11.6 Å². The number of benzene rings is 1. The van der Waals surface area contributed by atoms with Gasteiger partial charge in [0.1, 0.15) is 16.1 Å². The fourth-order valence-corrected chi connectivity index (χ4v) is 2.19. The third-order valence-corrected chi connectivity index (χ3v) is 3.74. The Kier molecular flexibility index (Phi) is 4.37. The van der Waals surface area contributed by atoms with Gasteiger partial charge < -0.3 is 4.98 Å². The van der Waals surface area contributed by atoms with E-state index in [1.54, 1.807) is 6.07 Å². The minimum atomic E-state index is -0.540. The van der Waals surface area contributed by atoms with E-state index in [2.05, 4.69) is 25.9 Å². The van der Waals surface area contributed by atoms with Gasteiger partial charge in [0.15, 0.2) is 0 Å². The average Bonchev–Trinajstić information content (AvgIpc) is 2.38. The van der Waals surface area contributed by atoms with Crippen LogP contribution in [-0.4, -0.2) is 9.97 Å². The minimum Gasteiger partial charge on any atom is -0.306 e. The molecule has 0 spiro atoms. The SMILES string of the molecule is CCCc1nc(-c2ccc(Cl)c(F)c2)[nH]c(=O)c1Br. The van der Waals surface area contributed by atoms with Gasteiger partial charge in [-0.3, -0.25) is 4.79 Å². The molecule has 0 atom stereocenters. The summed E-state index contributed by atoms with van der Waals surface area (Å²) in [6.45, 7) is 2.00. The second kappa shape index (κ2) is 5.84. The summed E-state index contributed by atoms with van der Waals surface area (Å²) < 4.78 is 13.9. The van der Waals surface area contributed by atoms with Gasteiger partial charge in [0, 0.05) is 5.56 Å². The fraction of sp³-hybridized carbons (Fsp3) is 0.231. The number of nitrogens with zero attached hydrogens (tertiary/aromatic N) is 1. The van der Waals surface area contributed by atoms with Crippen LogP contribution in [0.3, 0.4) is 0 Å². The molecule has 0 saturated carbocycles. The summed E-state index contributed by atoms with van der Waals surface area (Å²) in [4.78, 5) is 18.8. The number of aromatic amines is 1. The van der Waals surface area contributed by atoms with Crippen LogP contribution < -0.4 is 5.56 Å². The summed E-state index contributed by atoms with van der Waals surface area (Å²) in [7, 11) is 0. The quantitative estimate of drug-likeness (QED) is 0.915. The Balaban J connectivity index is 2.56. The first-order chi connectivity index (χ1) is 9.02. The highest BCUT2D eigenvalue weighted by Gasteiger charge is 2.11. The average molecular weight is 346 g/mol. The molecule has 0 saturated heterocycles. The van der Waals surface area contributed by atoms with Crippen molar-refractivity contribution < 1.29 is 4.39 Å². The summed E-state index contributed by atoms with van der Waals surface area (Å²) in [5.41, 5.74) is 0.879. The number of aromatic nitrogens is 2. The van der Waals surface area contributed by atoms with Crippen LogP contribution in [0.1, 0.15) is 19.0 Å². The van der Waals surface area contributed by atoms with E-state index in [-0.39, 0.29) is 10.6 Å². The third kappa shape index (κ3) is 3.04. The van der Waals surface area contributed by atoms with E-state index < -0.39 is 5.82 Å². The molecule has 2 aromatic rings. The van der Waals surface area contributed by atoms with E-state index in [1.165, 1.54) is 12.1 Å². The number of H-pyrrole nitrogens is 1. The summed E-state index contributed by atoms with van der Waals surface area (Å²) in [5.74, 6) is -0.200. The first-order valence-electron chi connectivity index (χ1n) is 5.77. The lowest BCUT2D eigenvalue weighted by Gasteiger charge is -2.06. The van der Waals surface area contributed by atoms with Gasteiger partial charge in [0.25, 0.3) is 5.56 Å². The Bertz CT molecular complexity index is 672. The zero-order valence-electron chi connectivity index (χ0n) is 10.1. The number of hydrogen-bond donors (Lipinski definition) is 1. The lowest BCUT2D eigenvalue weighted by molar-refractivity contribution is 0.628. The number of nitrogens with one attached hydrogen (secondary N) is 1. The first-order valence-corrected chi connectivity index (χ1v) is 6.94. The van der Waals surface area contributed by atoms with Crippen LogP contribution in [0.25, 0.3) is 11.4 Å². The Morgan fingerprint density at radius 2 is 2.21 bits per heavy atom. The molecule has 0 unspecified atom stereocenters. The second-order valence-electron chi connectivity index (χ2n) is 4.05. The molecule has 0 radical (unpaired) electrons. The Labute approximate surface area is 123 Å². The molecule has 0 amide bonds. The van der Waals surface area contributed by atoms with Crippen LogP contribution in [0.2, 0.25) is 5.02 Å². The Morgan fingerprint density at radius 3 is 2.84 bits per heavy atom. The number of rotatable bonds is 3. The number of hydrogen-bond acceptors (Lipinski definition) is 2. The van der Waals surface area contributed by atoms with Gasteiger partial charge in [-0.15, -0.1) is 0 Å². The van der Waals surface area contributed by atoms with Gasteiger partial charge in [-0.25, -0.2) is 9.37 Å². The molecule has 0 aliphatic carbocycles. The van der Waals surface area contributed by atoms with Crippen molar-refractivity contribution >= 4 is 27.5 Å². The van der Waals surface area contributed by atoms with Crippen molar-refractivity contribution in [2.75, 3.05) is 0 Å². The van der Waals surface area contributed by atoms with E-state index >= 15 is 0 Å². The van der Waals surface area contributed by atoms with E-state index in [9.17, 15) is 9.18 Å². The van der Waals surface area contributed by atoms with Gasteiger partial charge in [-0.2, -0.15) is 0 Å². The lowest BCUT2D eigenvalue weighted by Crippen LogP contribution is -2.13. The highest BCUT2D eigenvalue weighted by Crippen LogP contribution is 2.22. The molecule has 1 heterocycles. The lowest BCUT2D eigenvalue weighted by atomic mass is 10.2. The Hall–Kier alpha value is -1.20. The molecular formula is C13H11BrClFN2O.